The van der Waals surface area contributed by atoms with Crippen molar-refractivity contribution in [1.29, 1.82) is 0 Å². The molecule has 1 N–H and O–H groups in total. The Morgan fingerprint density at radius 2 is 2.14 bits per heavy atom. The molecule has 0 saturated carbocycles. The van der Waals surface area contributed by atoms with Gasteiger partial charge in [0.15, 0.2) is 0 Å². The van der Waals surface area contributed by atoms with Crippen LogP contribution in [0.15, 0.2) is 0 Å². The number of thioether (sulfide) groups is 1. The topological polar surface area (TPSA) is 12.0 Å². The third-order valence-corrected chi connectivity index (χ3v) is 1.67. The first kappa shape index (κ1) is 11.0. The van der Waals surface area contributed by atoms with Gasteiger partial charge in [-0.25, -0.2) is 0 Å². The molecule has 1 nitrogen and oxygen atoms in total. The van der Waals surface area contributed by atoms with Gasteiger partial charge in [0, 0.05) is 7.05 Å². The molecule has 0 aromatic rings. The van der Waals surface area contributed by atoms with E-state index in [0.717, 1.165) is 4.32 Å². The van der Waals surface area contributed by atoms with E-state index in [4.69, 9.17) is 12.2 Å². The SMILES string of the molecule is CNC(=S)SC.[BiH3]. The summed E-state index contributed by atoms with van der Waals surface area (Å²) in [6.45, 7) is 0. The van der Waals surface area contributed by atoms with E-state index < -0.39 is 0 Å². The van der Waals surface area contributed by atoms with Crippen LogP contribution in [0.3, 0.4) is 0 Å². The van der Waals surface area contributed by atoms with E-state index in [1.807, 2.05) is 13.3 Å². The first-order valence-corrected chi connectivity index (χ1v) is 3.20. The molecule has 0 fully saturated rings. The number of thiocarbonyl (C=S) groups is 1. The van der Waals surface area contributed by atoms with Crippen molar-refractivity contribution in [2.75, 3.05) is 13.3 Å². The fraction of sp³-hybridized carbons (Fsp3) is 0.667. The summed E-state index contributed by atoms with van der Waals surface area (Å²) in [4.78, 5) is 0. The molecule has 7 heavy (non-hydrogen) atoms. The molecule has 0 heterocycles. The number of rotatable bonds is 0. The first-order chi connectivity index (χ1) is 2.81. The Morgan fingerprint density at radius 1 is 1.71 bits per heavy atom. The quantitative estimate of drug-likeness (QED) is 0.482. The van der Waals surface area contributed by atoms with Crippen LogP contribution >= 0.6 is 24.0 Å². The van der Waals surface area contributed by atoms with E-state index in [1.165, 1.54) is 0 Å². The molecule has 0 bridgehead atoms. The molecular formula is C3H10BiNS2. The first-order valence-electron chi connectivity index (χ1n) is 1.57. The summed E-state index contributed by atoms with van der Waals surface area (Å²) in [5.74, 6) is 0. The molecule has 0 radical (unpaired) electrons. The number of nitrogens with one attached hydrogen (secondary N) is 1. The van der Waals surface area contributed by atoms with Crippen LogP contribution in [0.5, 0.6) is 0 Å². The molecule has 0 saturated heterocycles. The summed E-state index contributed by atoms with van der Waals surface area (Å²) >= 11 is 6.25. The maximum atomic E-state index is 4.71. The molecule has 0 aromatic heterocycles. The predicted molar refractivity (Wildman–Crippen MR) is 45.1 cm³/mol. The molecule has 0 aliphatic carbocycles. The van der Waals surface area contributed by atoms with Gasteiger partial charge in [0.25, 0.3) is 0 Å². The Balaban J connectivity index is 0. The molecule has 0 aromatic carbocycles. The van der Waals surface area contributed by atoms with E-state index in [0.29, 0.717) is 0 Å². The summed E-state index contributed by atoms with van der Waals surface area (Å²) in [7, 11) is 1.82. The molecule has 0 atom stereocenters. The van der Waals surface area contributed by atoms with Crippen molar-refractivity contribution in [3.05, 3.63) is 0 Å². The normalized spacial score (nSPS) is 6.57. The van der Waals surface area contributed by atoms with E-state index in [2.05, 4.69) is 5.32 Å². The monoisotopic (exact) mass is 333 g/mol. The van der Waals surface area contributed by atoms with E-state index in [9.17, 15) is 0 Å². The molecule has 4 heteroatoms. The van der Waals surface area contributed by atoms with Crippen molar-refractivity contribution in [3.63, 3.8) is 0 Å². The van der Waals surface area contributed by atoms with Gasteiger partial charge in [-0.1, -0.05) is 12.2 Å². The van der Waals surface area contributed by atoms with Crippen LogP contribution in [0.4, 0.5) is 0 Å². The van der Waals surface area contributed by atoms with Gasteiger partial charge in [-0.15, -0.1) is 11.8 Å². The zero-order valence-corrected chi connectivity index (χ0v) is 11.7. The van der Waals surface area contributed by atoms with Gasteiger partial charge < -0.3 is 5.32 Å². The molecule has 44 valence electrons. The Labute approximate surface area is 72.7 Å². The van der Waals surface area contributed by atoms with E-state index >= 15 is 0 Å². The zero-order valence-electron chi connectivity index (χ0n) is 4.52. The summed E-state index contributed by atoms with van der Waals surface area (Å²) in [6.07, 6.45) is 1.94. The average Bonchev–Trinajstić information content (AvgIpc) is 1.65. The van der Waals surface area contributed by atoms with Crippen LogP contribution in [0.1, 0.15) is 0 Å². The van der Waals surface area contributed by atoms with Gasteiger partial charge in [0.05, 0.1) is 0 Å². The maximum absolute atomic E-state index is 4.71. The van der Waals surface area contributed by atoms with Gasteiger partial charge >= 0.3 is 26.2 Å². The van der Waals surface area contributed by atoms with Crippen molar-refractivity contribution in [1.82, 2.24) is 5.32 Å². The number of hydrogen-bond donors (Lipinski definition) is 1. The Morgan fingerprint density at radius 3 is 2.14 bits per heavy atom. The second-order valence-corrected chi connectivity index (χ2v) is 2.22. The van der Waals surface area contributed by atoms with Crippen molar-refractivity contribution < 1.29 is 0 Å². The fourth-order valence-corrected chi connectivity index (χ4v) is 0.306. The molecule has 0 rings (SSSR count). The minimum atomic E-state index is 0. The van der Waals surface area contributed by atoms with Crippen LogP contribution in [-0.4, -0.2) is 43.8 Å². The second kappa shape index (κ2) is 7.12. The average molecular weight is 333 g/mol. The van der Waals surface area contributed by atoms with Gasteiger partial charge in [-0.2, -0.15) is 0 Å². The van der Waals surface area contributed by atoms with Crippen molar-refractivity contribution in [3.8, 4) is 0 Å². The predicted octanol–water partition coefficient (Wildman–Crippen LogP) is -0.330. The minimum absolute atomic E-state index is 0. The van der Waals surface area contributed by atoms with E-state index in [1.54, 1.807) is 11.8 Å². The molecule has 0 aliphatic heterocycles. The number of hydrogen-bond acceptors (Lipinski definition) is 2. The van der Waals surface area contributed by atoms with E-state index in [-0.39, 0.29) is 26.2 Å². The molecule has 0 aliphatic rings. The molecule has 0 unspecified atom stereocenters. The zero-order chi connectivity index (χ0) is 4.99. The third kappa shape index (κ3) is 7.12. The van der Waals surface area contributed by atoms with Crippen molar-refractivity contribution in [2.24, 2.45) is 0 Å². The van der Waals surface area contributed by atoms with Gasteiger partial charge in [0.2, 0.25) is 0 Å². The molecular weight excluding hydrogens is 323 g/mol. The van der Waals surface area contributed by atoms with Crippen LogP contribution in [0.25, 0.3) is 0 Å². The van der Waals surface area contributed by atoms with Crippen LogP contribution in [-0.2, 0) is 0 Å². The standard InChI is InChI=1S/C3H7NS2.Bi.3H/c1-4-3(5)6-2;;;;/h1-2H3,(H,4,5);;;;. The summed E-state index contributed by atoms with van der Waals surface area (Å²) < 4.78 is 0.843. The fourth-order valence-electron chi connectivity index (χ4n) is 0.102. The Kier molecular flexibility index (Phi) is 11.2. The van der Waals surface area contributed by atoms with Gasteiger partial charge in [0.1, 0.15) is 4.32 Å². The van der Waals surface area contributed by atoms with Crippen LogP contribution in [0.2, 0.25) is 0 Å². The van der Waals surface area contributed by atoms with Crippen LogP contribution < -0.4 is 5.32 Å². The second-order valence-electron chi connectivity index (χ2n) is 0.742. The molecule has 0 amide bonds. The third-order valence-electron chi connectivity index (χ3n) is 0.390. The Bertz CT molecular complexity index is 50.9. The van der Waals surface area contributed by atoms with Crippen molar-refractivity contribution >= 4 is 54.5 Å². The van der Waals surface area contributed by atoms with Crippen LogP contribution in [0, 0.1) is 0 Å². The Hall–Kier alpha value is 1.12. The summed E-state index contributed by atoms with van der Waals surface area (Å²) in [6, 6.07) is 0. The van der Waals surface area contributed by atoms with Crippen molar-refractivity contribution in [2.45, 2.75) is 0 Å². The molecule has 0 spiro atoms. The summed E-state index contributed by atoms with van der Waals surface area (Å²) in [5.41, 5.74) is 0. The van der Waals surface area contributed by atoms with Gasteiger partial charge in [-0.05, 0) is 6.26 Å². The summed E-state index contributed by atoms with van der Waals surface area (Å²) in [5, 5.41) is 2.81. The van der Waals surface area contributed by atoms with Gasteiger partial charge in [-0.3, -0.25) is 0 Å².